The lowest BCUT2D eigenvalue weighted by Crippen LogP contribution is -2.34. The van der Waals surface area contributed by atoms with Crippen molar-refractivity contribution in [3.05, 3.63) is 28.2 Å². The van der Waals surface area contributed by atoms with Crippen LogP contribution in [0.1, 0.15) is 32.2 Å². The fourth-order valence-electron chi connectivity index (χ4n) is 2.31. The van der Waals surface area contributed by atoms with E-state index in [2.05, 4.69) is 9.98 Å². The highest BCUT2D eigenvalue weighted by atomic mass is 32.1. The van der Waals surface area contributed by atoms with Crippen molar-refractivity contribution in [3.8, 4) is 0 Å². The second-order valence-corrected chi connectivity index (χ2v) is 6.20. The molecule has 2 heterocycles. The van der Waals surface area contributed by atoms with Crippen molar-refractivity contribution in [2.45, 2.75) is 32.7 Å². The van der Waals surface area contributed by atoms with E-state index in [9.17, 15) is 9.90 Å². The van der Waals surface area contributed by atoms with E-state index < -0.39 is 11.5 Å². The van der Waals surface area contributed by atoms with Gasteiger partial charge >= 0.3 is 5.97 Å². The predicted octanol–water partition coefficient (Wildman–Crippen LogP) is 2.78. The Hall–Kier alpha value is -1.82. The maximum absolute atomic E-state index is 11.7. The number of hydrogen-bond acceptors (Lipinski definition) is 5. The van der Waals surface area contributed by atoms with E-state index in [1.165, 1.54) is 11.3 Å². The Morgan fingerprint density at radius 2 is 2.25 bits per heavy atom. The van der Waals surface area contributed by atoms with Gasteiger partial charge in [0.1, 0.15) is 10.7 Å². The number of aliphatic carboxylic acids is 1. The van der Waals surface area contributed by atoms with Gasteiger partial charge in [-0.25, -0.2) is 9.78 Å². The van der Waals surface area contributed by atoms with Crippen molar-refractivity contribution in [2.24, 2.45) is 10.9 Å². The third-order valence-electron chi connectivity index (χ3n) is 3.08. The molecule has 0 aromatic carbocycles. The van der Waals surface area contributed by atoms with Gasteiger partial charge in [-0.15, -0.1) is 11.3 Å². The van der Waals surface area contributed by atoms with Crippen LogP contribution in [0.25, 0.3) is 0 Å². The molecule has 1 aromatic heterocycles. The van der Waals surface area contributed by atoms with E-state index in [1.807, 2.05) is 19.2 Å². The molecule has 106 valence electrons. The van der Waals surface area contributed by atoms with Gasteiger partial charge in [-0.2, -0.15) is 0 Å². The highest BCUT2D eigenvalue weighted by molar-refractivity contribution is 7.12. The molecule has 0 amide bonds. The molecule has 0 radical (unpaired) electrons. The van der Waals surface area contributed by atoms with E-state index in [1.54, 1.807) is 19.2 Å². The molecule has 6 heteroatoms. The Labute approximate surface area is 121 Å². The first kappa shape index (κ1) is 14.6. The highest BCUT2D eigenvalue weighted by Gasteiger charge is 2.43. The van der Waals surface area contributed by atoms with Crippen LogP contribution in [0.5, 0.6) is 0 Å². The fraction of sp³-hybridized carbons (Fsp3) is 0.429. The van der Waals surface area contributed by atoms with Crippen LogP contribution in [-0.4, -0.2) is 33.0 Å². The third-order valence-corrected chi connectivity index (χ3v) is 3.86. The Balaban J connectivity index is 2.56. The smallest absolute Gasteiger partial charge is 0.335 e. The Bertz CT molecular complexity index is 602. The molecule has 2 N–H and O–H groups in total. The molecule has 0 saturated carbocycles. The molecule has 0 fully saturated rings. The summed E-state index contributed by atoms with van der Waals surface area (Å²) in [5.41, 5.74) is 0.136. The van der Waals surface area contributed by atoms with E-state index in [0.717, 1.165) is 0 Å². The molecule has 5 nitrogen and oxygen atoms in total. The van der Waals surface area contributed by atoms with Crippen molar-refractivity contribution in [2.75, 3.05) is 0 Å². The summed E-state index contributed by atoms with van der Waals surface area (Å²) in [4.78, 5) is 20.3. The summed E-state index contributed by atoms with van der Waals surface area (Å²) in [7, 11) is 0. The van der Waals surface area contributed by atoms with Crippen LogP contribution in [0.2, 0.25) is 0 Å². The van der Waals surface area contributed by atoms with Gasteiger partial charge in [0.25, 0.3) is 0 Å². The molecule has 1 aromatic rings. The average Bonchev–Trinajstić information content (AvgIpc) is 2.94. The van der Waals surface area contributed by atoms with E-state index in [0.29, 0.717) is 28.4 Å². The van der Waals surface area contributed by atoms with E-state index in [4.69, 9.17) is 5.41 Å². The quantitative estimate of drug-likeness (QED) is 0.818. The van der Waals surface area contributed by atoms with E-state index in [-0.39, 0.29) is 5.92 Å². The van der Waals surface area contributed by atoms with Crippen molar-refractivity contribution in [1.82, 2.24) is 4.98 Å². The number of allylic oxidation sites excluding steroid dienone is 1. The Morgan fingerprint density at radius 1 is 1.55 bits per heavy atom. The Kier molecular flexibility index (Phi) is 3.85. The van der Waals surface area contributed by atoms with E-state index >= 15 is 0 Å². The zero-order valence-corrected chi connectivity index (χ0v) is 12.5. The SMILES string of the molecule is CC(=N)C1=C[C@@](CC(C)C)(C(=O)O)N=C1c1nccs1. The van der Waals surface area contributed by atoms with Crippen LogP contribution in [0.15, 0.2) is 28.2 Å². The number of carboxylic acids is 1. The average molecular weight is 291 g/mol. The molecule has 1 aliphatic rings. The van der Waals surface area contributed by atoms with Crippen molar-refractivity contribution in [1.29, 1.82) is 5.41 Å². The minimum atomic E-state index is -1.27. The van der Waals surface area contributed by atoms with Gasteiger partial charge in [-0.3, -0.25) is 4.99 Å². The molecule has 20 heavy (non-hydrogen) atoms. The van der Waals surface area contributed by atoms with Gasteiger partial charge in [0.05, 0.1) is 0 Å². The minimum Gasteiger partial charge on any atom is -0.479 e. The van der Waals surface area contributed by atoms with Crippen LogP contribution in [-0.2, 0) is 4.79 Å². The van der Waals surface area contributed by atoms with Crippen molar-refractivity contribution in [3.63, 3.8) is 0 Å². The van der Waals surface area contributed by atoms with Gasteiger partial charge in [0.15, 0.2) is 5.54 Å². The van der Waals surface area contributed by atoms with Crippen molar-refractivity contribution >= 4 is 28.7 Å². The second kappa shape index (κ2) is 5.28. The number of carboxylic acid groups (broad SMARTS) is 1. The third kappa shape index (κ3) is 2.56. The number of hydrogen-bond donors (Lipinski definition) is 2. The zero-order valence-electron chi connectivity index (χ0n) is 11.7. The lowest BCUT2D eigenvalue weighted by atomic mass is 9.89. The first-order chi connectivity index (χ1) is 9.35. The lowest BCUT2D eigenvalue weighted by Gasteiger charge is -2.20. The number of nitrogens with zero attached hydrogens (tertiary/aromatic N) is 2. The maximum Gasteiger partial charge on any atom is 0.335 e. The molecule has 0 unspecified atom stereocenters. The molecule has 1 aliphatic heterocycles. The number of nitrogens with one attached hydrogen (secondary N) is 1. The predicted molar refractivity (Wildman–Crippen MR) is 80.0 cm³/mol. The fourth-order valence-corrected chi connectivity index (χ4v) is 2.95. The highest BCUT2D eigenvalue weighted by Crippen LogP contribution is 2.33. The molecular weight excluding hydrogens is 274 g/mol. The summed E-state index contributed by atoms with van der Waals surface area (Å²) in [6.07, 6.45) is 3.67. The summed E-state index contributed by atoms with van der Waals surface area (Å²) >= 11 is 1.40. The van der Waals surface area contributed by atoms with Crippen LogP contribution >= 0.6 is 11.3 Å². The van der Waals surface area contributed by atoms with Gasteiger partial charge in [-0.05, 0) is 25.3 Å². The molecular formula is C14H17N3O2S. The zero-order chi connectivity index (χ0) is 14.9. The molecule has 0 saturated heterocycles. The summed E-state index contributed by atoms with van der Waals surface area (Å²) in [5.74, 6) is -0.787. The molecule has 0 spiro atoms. The second-order valence-electron chi connectivity index (χ2n) is 5.31. The first-order valence-corrected chi connectivity index (χ1v) is 7.25. The largest absolute Gasteiger partial charge is 0.479 e. The van der Waals surface area contributed by atoms with Crippen molar-refractivity contribution < 1.29 is 9.90 Å². The number of aliphatic imine (C=N–C) groups is 1. The number of rotatable bonds is 5. The van der Waals surface area contributed by atoms with Gasteiger partial charge < -0.3 is 10.5 Å². The first-order valence-electron chi connectivity index (χ1n) is 6.37. The number of thiazole rings is 1. The van der Waals surface area contributed by atoms with Gasteiger partial charge in [0, 0.05) is 22.9 Å². The monoisotopic (exact) mass is 291 g/mol. The molecule has 0 aliphatic carbocycles. The number of aromatic nitrogens is 1. The van der Waals surface area contributed by atoms with Crippen LogP contribution in [0, 0.1) is 11.3 Å². The van der Waals surface area contributed by atoms with Crippen LogP contribution in [0.4, 0.5) is 0 Å². The molecule has 2 rings (SSSR count). The summed E-state index contributed by atoms with van der Waals surface area (Å²) in [5, 5.41) is 19.9. The molecule has 0 bridgehead atoms. The van der Waals surface area contributed by atoms with Gasteiger partial charge in [0.2, 0.25) is 0 Å². The van der Waals surface area contributed by atoms with Crippen LogP contribution in [0.3, 0.4) is 0 Å². The lowest BCUT2D eigenvalue weighted by molar-refractivity contribution is -0.141. The standard InChI is InChI=1S/C14H17N3O2S/c1-8(2)6-14(13(18)19)7-10(9(3)15)11(17-14)12-16-4-5-20-12/h4-5,7-8,15H,6H2,1-3H3,(H,18,19)/t14-/m0/s1. The topological polar surface area (TPSA) is 86.4 Å². The minimum absolute atomic E-state index is 0.189. The summed E-state index contributed by atoms with van der Waals surface area (Å²) in [6.45, 7) is 5.57. The number of carbonyl (C=O) groups is 1. The summed E-state index contributed by atoms with van der Waals surface area (Å²) in [6, 6.07) is 0. The van der Waals surface area contributed by atoms with Gasteiger partial charge in [-0.1, -0.05) is 13.8 Å². The normalized spacial score (nSPS) is 21.8. The maximum atomic E-state index is 11.7. The summed E-state index contributed by atoms with van der Waals surface area (Å²) < 4.78 is 0. The Morgan fingerprint density at radius 3 is 2.70 bits per heavy atom. The molecule has 1 atom stereocenters. The van der Waals surface area contributed by atoms with Crippen LogP contribution < -0.4 is 0 Å².